The molecule has 3 rings (SSSR count). The van der Waals surface area contributed by atoms with Gasteiger partial charge < -0.3 is 4.42 Å². The van der Waals surface area contributed by atoms with Crippen LogP contribution in [0.5, 0.6) is 0 Å². The molecule has 5 heteroatoms. The van der Waals surface area contributed by atoms with E-state index in [1.807, 2.05) is 0 Å². The topological polar surface area (TPSA) is 64.3 Å². The van der Waals surface area contributed by atoms with E-state index >= 15 is 0 Å². The molecule has 2 heterocycles. The van der Waals surface area contributed by atoms with Gasteiger partial charge >= 0.3 is 0 Å². The average Bonchev–Trinajstić information content (AvgIpc) is 2.72. The fraction of sp³-hybridized carbons (Fsp3) is 0.154. The average molecular weight is 262 g/mol. The number of hydrogen-bond donors (Lipinski definition) is 0. The Morgan fingerprint density at radius 3 is 2.78 bits per heavy atom. The van der Waals surface area contributed by atoms with E-state index in [1.165, 1.54) is 18.4 Å². The molecule has 0 N–H and O–H groups in total. The third kappa shape index (κ3) is 1.44. The van der Waals surface area contributed by atoms with Crippen molar-refractivity contribution in [1.82, 2.24) is 0 Å². The van der Waals surface area contributed by atoms with Gasteiger partial charge in [0.25, 0.3) is 0 Å². The molecule has 1 aliphatic rings. The maximum absolute atomic E-state index is 12.3. The van der Waals surface area contributed by atoms with Crippen molar-refractivity contribution in [2.45, 2.75) is 17.6 Å². The number of carbonyl (C=O) groups is 1. The lowest BCUT2D eigenvalue weighted by Gasteiger charge is -2.07. The lowest BCUT2D eigenvalue weighted by molar-refractivity contribution is 0.100. The second kappa shape index (κ2) is 3.55. The predicted molar refractivity (Wildman–Crippen MR) is 64.2 cm³/mol. The van der Waals surface area contributed by atoms with Crippen LogP contribution < -0.4 is 0 Å². The van der Waals surface area contributed by atoms with Gasteiger partial charge in [-0.3, -0.25) is 4.79 Å². The molecule has 2 aromatic rings. The number of fused-ring (bicyclic) bond motifs is 2. The first-order chi connectivity index (χ1) is 8.50. The lowest BCUT2D eigenvalue weighted by Crippen LogP contribution is -2.08. The quantitative estimate of drug-likeness (QED) is 0.729. The zero-order valence-electron chi connectivity index (χ0n) is 9.64. The molecule has 1 aromatic heterocycles. The van der Waals surface area contributed by atoms with Gasteiger partial charge in [-0.2, -0.15) is 0 Å². The van der Waals surface area contributed by atoms with E-state index in [4.69, 9.17) is 4.42 Å². The monoisotopic (exact) mass is 262 g/mol. The molecule has 0 fully saturated rings. The van der Waals surface area contributed by atoms with Crippen LogP contribution >= 0.6 is 0 Å². The molecule has 1 aliphatic heterocycles. The van der Waals surface area contributed by atoms with Gasteiger partial charge in [-0.25, -0.2) is 8.42 Å². The van der Waals surface area contributed by atoms with Crippen LogP contribution in [0.3, 0.4) is 0 Å². The zero-order valence-corrected chi connectivity index (χ0v) is 10.5. The summed E-state index contributed by atoms with van der Waals surface area (Å²) in [6, 6.07) is 6.37. The Balaban J connectivity index is 2.44. The summed E-state index contributed by atoms with van der Waals surface area (Å²) in [6.07, 6.45) is 1.35. The summed E-state index contributed by atoms with van der Waals surface area (Å²) in [5, 5.41) is 0. The Morgan fingerprint density at radius 2 is 2.00 bits per heavy atom. The highest BCUT2D eigenvalue weighted by molar-refractivity contribution is 7.90. The molecule has 0 amide bonds. The van der Waals surface area contributed by atoms with E-state index in [0.717, 1.165) is 0 Å². The van der Waals surface area contributed by atoms with Gasteiger partial charge in [-0.05, 0) is 24.6 Å². The molecule has 0 atom stereocenters. The van der Waals surface area contributed by atoms with Crippen molar-refractivity contribution in [3.05, 3.63) is 53.0 Å². The van der Waals surface area contributed by atoms with Crippen LogP contribution in [0, 0.1) is 6.92 Å². The van der Waals surface area contributed by atoms with Crippen LogP contribution in [0.25, 0.3) is 0 Å². The van der Waals surface area contributed by atoms with E-state index in [0.29, 0.717) is 11.1 Å². The first-order valence-electron chi connectivity index (χ1n) is 5.44. The number of sulfone groups is 1. The Kier molecular flexibility index (Phi) is 2.22. The van der Waals surface area contributed by atoms with Crippen LogP contribution in [0.15, 0.2) is 39.8 Å². The number of ketones is 1. The highest BCUT2D eigenvalue weighted by atomic mass is 32.2. The van der Waals surface area contributed by atoms with Gasteiger partial charge in [0, 0.05) is 11.1 Å². The SMILES string of the molecule is Cc1cccc2c1C(=O)c1occc1CS2(=O)=O. The lowest BCUT2D eigenvalue weighted by atomic mass is 10.0. The minimum Gasteiger partial charge on any atom is -0.461 e. The summed E-state index contributed by atoms with van der Waals surface area (Å²) in [5.41, 5.74) is 1.30. The maximum atomic E-state index is 12.3. The van der Waals surface area contributed by atoms with Crippen molar-refractivity contribution < 1.29 is 17.6 Å². The number of benzene rings is 1. The molecule has 0 saturated carbocycles. The third-order valence-corrected chi connectivity index (χ3v) is 4.80. The number of hydrogen-bond acceptors (Lipinski definition) is 4. The van der Waals surface area contributed by atoms with Gasteiger partial charge in [0.2, 0.25) is 5.78 Å². The Bertz CT molecular complexity index is 753. The van der Waals surface area contributed by atoms with Crippen molar-refractivity contribution in [1.29, 1.82) is 0 Å². The van der Waals surface area contributed by atoms with Gasteiger partial charge in [-0.1, -0.05) is 12.1 Å². The molecule has 0 unspecified atom stereocenters. The number of carbonyl (C=O) groups excluding carboxylic acids is 1. The summed E-state index contributed by atoms with van der Waals surface area (Å²) < 4.78 is 29.7. The van der Waals surface area contributed by atoms with Crippen molar-refractivity contribution in [2.24, 2.45) is 0 Å². The van der Waals surface area contributed by atoms with E-state index in [1.54, 1.807) is 19.1 Å². The van der Waals surface area contributed by atoms with Gasteiger partial charge in [0.1, 0.15) is 0 Å². The van der Waals surface area contributed by atoms with E-state index in [-0.39, 0.29) is 27.8 Å². The molecule has 0 aliphatic carbocycles. The standard InChI is InChI=1S/C13H10O4S/c1-8-3-2-4-10-11(8)12(14)13-9(5-6-17-13)7-18(10,15)16/h2-6H,7H2,1H3. The summed E-state index contributed by atoms with van der Waals surface area (Å²) in [4.78, 5) is 12.4. The summed E-state index contributed by atoms with van der Waals surface area (Å²) in [7, 11) is -3.50. The molecule has 0 radical (unpaired) electrons. The molecular weight excluding hydrogens is 252 g/mol. The highest BCUT2D eigenvalue weighted by Crippen LogP contribution is 2.31. The largest absolute Gasteiger partial charge is 0.461 e. The van der Waals surface area contributed by atoms with Crippen LogP contribution in [0.1, 0.15) is 27.2 Å². The maximum Gasteiger partial charge on any atom is 0.230 e. The predicted octanol–water partition coefficient (Wildman–Crippen LogP) is 2.11. The van der Waals surface area contributed by atoms with Gasteiger partial charge in [0.15, 0.2) is 15.6 Å². The second-order valence-corrected chi connectivity index (χ2v) is 6.27. The van der Waals surface area contributed by atoms with Gasteiger partial charge in [-0.15, -0.1) is 0 Å². The number of aryl methyl sites for hydroxylation is 1. The minimum atomic E-state index is -3.50. The zero-order chi connectivity index (χ0) is 12.9. The molecule has 4 nitrogen and oxygen atoms in total. The fourth-order valence-corrected chi connectivity index (χ4v) is 3.88. The third-order valence-electron chi connectivity index (χ3n) is 3.10. The van der Waals surface area contributed by atoms with Crippen molar-refractivity contribution >= 4 is 15.6 Å². The van der Waals surface area contributed by atoms with E-state index in [2.05, 4.69) is 0 Å². The Hall–Kier alpha value is -1.88. The Labute approximate surface area is 104 Å². The molecule has 0 saturated heterocycles. The number of furan rings is 1. The first kappa shape index (κ1) is 11.2. The summed E-state index contributed by atoms with van der Waals surface area (Å²) >= 11 is 0. The Morgan fingerprint density at radius 1 is 1.22 bits per heavy atom. The molecular formula is C13H10O4S. The first-order valence-corrected chi connectivity index (χ1v) is 7.09. The van der Waals surface area contributed by atoms with Crippen molar-refractivity contribution in [2.75, 3.05) is 0 Å². The second-order valence-electron chi connectivity index (χ2n) is 4.31. The fourth-order valence-electron chi connectivity index (χ4n) is 2.24. The molecule has 92 valence electrons. The molecule has 0 bridgehead atoms. The highest BCUT2D eigenvalue weighted by Gasteiger charge is 2.33. The number of rotatable bonds is 0. The van der Waals surface area contributed by atoms with E-state index in [9.17, 15) is 13.2 Å². The minimum absolute atomic E-state index is 0.0962. The molecule has 1 aromatic carbocycles. The van der Waals surface area contributed by atoms with Crippen molar-refractivity contribution in [3.63, 3.8) is 0 Å². The smallest absolute Gasteiger partial charge is 0.230 e. The van der Waals surface area contributed by atoms with E-state index < -0.39 is 9.84 Å². The van der Waals surface area contributed by atoms with Crippen LogP contribution in [0.2, 0.25) is 0 Å². The molecule has 18 heavy (non-hydrogen) atoms. The van der Waals surface area contributed by atoms with Crippen molar-refractivity contribution in [3.8, 4) is 0 Å². The van der Waals surface area contributed by atoms with Crippen LogP contribution in [0.4, 0.5) is 0 Å². The van der Waals surface area contributed by atoms with Crippen LogP contribution in [-0.4, -0.2) is 14.2 Å². The normalized spacial score (nSPS) is 16.8. The molecule has 0 spiro atoms. The van der Waals surface area contributed by atoms with Crippen LogP contribution in [-0.2, 0) is 15.6 Å². The summed E-state index contributed by atoms with van der Waals surface area (Å²) in [5.74, 6) is -0.420. The summed E-state index contributed by atoms with van der Waals surface area (Å²) in [6.45, 7) is 1.72. The van der Waals surface area contributed by atoms with Gasteiger partial charge in [0.05, 0.1) is 16.9 Å².